The minimum Gasteiger partial charge on any atom is -0.467 e. The molecule has 2 rings (SSSR count). The topological polar surface area (TPSA) is 72.0 Å². The molecule has 0 aliphatic heterocycles. The fraction of sp³-hybridized carbons (Fsp3) is 0.727. The van der Waals surface area contributed by atoms with Crippen LogP contribution >= 0.6 is 0 Å². The molecule has 1 aromatic rings. The fourth-order valence-electron chi connectivity index (χ4n) is 1.74. The molecule has 6 heteroatoms. The van der Waals surface area contributed by atoms with E-state index in [0.717, 1.165) is 6.54 Å². The van der Waals surface area contributed by atoms with Crippen LogP contribution in [0.1, 0.15) is 26.2 Å². The van der Waals surface area contributed by atoms with Crippen molar-refractivity contribution < 1.29 is 4.74 Å². The largest absolute Gasteiger partial charge is 0.467 e. The van der Waals surface area contributed by atoms with Gasteiger partial charge in [-0.1, -0.05) is 6.92 Å². The molecule has 6 nitrogen and oxygen atoms in total. The normalized spacial score (nSPS) is 16.4. The summed E-state index contributed by atoms with van der Waals surface area (Å²) in [5.41, 5.74) is 0.458. The van der Waals surface area contributed by atoms with Crippen molar-refractivity contribution in [3.63, 3.8) is 0 Å². The Morgan fingerprint density at radius 1 is 1.24 bits per heavy atom. The lowest BCUT2D eigenvalue weighted by Crippen LogP contribution is -2.17. The number of hydrogen-bond donors (Lipinski definition) is 2. The summed E-state index contributed by atoms with van der Waals surface area (Å²) in [6.45, 7) is 3.14. The molecule has 0 unspecified atom stereocenters. The van der Waals surface area contributed by atoms with E-state index in [0.29, 0.717) is 23.3 Å². The molecule has 17 heavy (non-hydrogen) atoms. The Morgan fingerprint density at radius 2 is 1.94 bits per heavy atom. The van der Waals surface area contributed by atoms with Crippen molar-refractivity contribution in [3.8, 4) is 6.01 Å². The highest BCUT2D eigenvalue weighted by Crippen LogP contribution is 2.48. The summed E-state index contributed by atoms with van der Waals surface area (Å²) in [6, 6.07) is 0.327. The Bertz CT molecular complexity index is 369. The molecule has 1 fully saturated rings. The maximum atomic E-state index is 5.03. The van der Waals surface area contributed by atoms with E-state index in [2.05, 4.69) is 32.5 Å². The molecule has 0 bridgehead atoms. The standard InChI is InChI=1S/C11H19N5O/c1-4-11(5-6-11)7-13-9-14-8(12-2)15-10(16-9)17-3/h4-7H2,1-3H3,(H2,12,13,14,15,16). The molecule has 0 radical (unpaired) electrons. The van der Waals surface area contributed by atoms with Crippen LogP contribution in [0.25, 0.3) is 0 Å². The van der Waals surface area contributed by atoms with Crippen molar-refractivity contribution in [2.45, 2.75) is 26.2 Å². The molecule has 2 N–H and O–H groups in total. The van der Waals surface area contributed by atoms with Gasteiger partial charge < -0.3 is 15.4 Å². The van der Waals surface area contributed by atoms with Crippen molar-refractivity contribution >= 4 is 11.9 Å². The number of nitrogens with zero attached hydrogens (tertiary/aromatic N) is 3. The third-order valence-electron chi connectivity index (χ3n) is 3.35. The summed E-state index contributed by atoms with van der Waals surface area (Å²) in [5.74, 6) is 1.08. The number of rotatable bonds is 6. The average Bonchev–Trinajstić information content (AvgIpc) is 3.16. The first-order valence-corrected chi connectivity index (χ1v) is 5.93. The number of methoxy groups -OCH3 is 1. The van der Waals surface area contributed by atoms with Gasteiger partial charge in [0.25, 0.3) is 0 Å². The summed E-state index contributed by atoms with van der Waals surface area (Å²) >= 11 is 0. The number of ether oxygens (including phenoxy) is 1. The SMILES string of the molecule is CCC1(CNc2nc(NC)nc(OC)n2)CC1. The molecule has 0 saturated heterocycles. The molecule has 1 aliphatic rings. The molecule has 0 atom stereocenters. The molecular weight excluding hydrogens is 218 g/mol. The van der Waals surface area contributed by atoms with E-state index in [1.807, 2.05) is 0 Å². The van der Waals surface area contributed by atoms with Gasteiger partial charge in [0.2, 0.25) is 11.9 Å². The Balaban J connectivity index is 2.04. The summed E-state index contributed by atoms with van der Waals surface area (Å²) in [7, 11) is 3.32. The predicted molar refractivity (Wildman–Crippen MR) is 66.4 cm³/mol. The first kappa shape index (κ1) is 11.9. The van der Waals surface area contributed by atoms with Gasteiger partial charge in [0.05, 0.1) is 7.11 Å². The van der Waals surface area contributed by atoms with Crippen molar-refractivity contribution in [1.82, 2.24) is 15.0 Å². The van der Waals surface area contributed by atoms with Crippen LogP contribution in [0.3, 0.4) is 0 Å². The summed E-state index contributed by atoms with van der Waals surface area (Å²) < 4.78 is 5.03. The Kier molecular flexibility index (Phi) is 3.31. The van der Waals surface area contributed by atoms with Gasteiger partial charge in [0.15, 0.2) is 0 Å². The molecule has 1 saturated carbocycles. The van der Waals surface area contributed by atoms with Gasteiger partial charge in [0, 0.05) is 13.6 Å². The van der Waals surface area contributed by atoms with E-state index in [-0.39, 0.29) is 0 Å². The number of hydrogen-bond acceptors (Lipinski definition) is 6. The van der Waals surface area contributed by atoms with E-state index < -0.39 is 0 Å². The lowest BCUT2D eigenvalue weighted by molar-refractivity contribution is 0.379. The maximum Gasteiger partial charge on any atom is 0.322 e. The number of anilines is 2. The molecule has 1 aromatic heterocycles. The molecule has 1 heterocycles. The van der Waals surface area contributed by atoms with Crippen LogP contribution in [0.2, 0.25) is 0 Å². The van der Waals surface area contributed by atoms with Gasteiger partial charge >= 0.3 is 6.01 Å². The fourth-order valence-corrected chi connectivity index (χ4v) is 1.74. The van der Waals surface area contributed by atoms with Crippen LogP contribution in [0, 0.1) is 5.41 Å². The van der Waals surface area contributed by atoms with Gasteiger partial charge in [-0.25, -0.2) is 0 Å². The van der Waals surface area contributed by atoms with Crippen LogP contribution in [-0.2, 0) is 0 Å². The molecule has 94 valence electrons. The van der Waals surface area contributed by atoms with Crippen LogP contribution in [-0.4, -0.2) is 35.7 Å². The molecular formula is C11H19N5O. The molecule has 1 aliphatic carbocycles. The third kappa shape index (κ3) is 2.75. The van der Waals surface area contributed by atoms with Crippen molar-refractivity contribution in [1.29, 1.82) is 0 Å². The van der Waals surface area contributed by atoms with Gasteiger partial charge in [0.1, 0.15) is 0 Å². The van der Waals surface area contributed by atoms with Crippen LogP contribution in [0.4, 0.5) is 11.9 Å². The lowest BCUT2D eigenvalue weighted by Gasteiger charge is -2.13. The number of nitrogens with one attached hydrogen (secondary N) is 2. The van der Waals surface area contributed by atoms with Gasteiger partial charge in [-0.15, -0.1) is 0 Å². The second-order valence-electron chi connectivity index (χ2n) is 4.43. The van der Waals surface area contributed by atoms with E-state index in [1.165, 1.54) is 19.3 Å². The van der Waals surface area contributed by atoms with E-state index in [4.69, 9.17) is 4.74 Å². The van der Waals surface area contributed by atoms with E-state index in [9.17, 15) is 0 Å². The second kappa shape index (κ2) is 4.73. The van der Waals surface area contributed by atoms with Crippen molar-refractivity contribution in [2.75, 3.05) is 31.3 Å². The molecule has 0 aromatic carbocycles. The van der Waals surface area contributed by atoms with Gasteiger partial charge in [-0.2, -0.15) is 15.0 Å². The maximum absolute atomic E-state index is 5.03. The van der Waals surface area contributed by atoms with Crippen LogP contribution < -0.4 is 15.4 Å². The van der Waals surface area contributed by atoms with Crippen LogP contribution in [0.5, 0.6) is 6.01 Å². The van der Waals surface area contributed by atoms with Gasteiger partial charge in [-0.3, -0.25) is 0 Å². The highest BCUT2D eigenvalue weighted by atomic mass is 16.5. The Labute approximate surface area is 101 Å². The van der Waals surface area contributed by atoms with Crippen molar-refractivity contribution in [2.24, 2.45) is 5.41 Å². The highest BCUT2D eigenvalue weighted by Gasteiger charge is 2.40. The quantitative estimate of drug-likeness (QED) is 0.781. The number of aromatic nitrogens is 3. The molecule has 0 spiro atoms. The zero-order valence-electron chi connectivity index (χ0n) is 10.6. The predicted octanol–water partition coefficient (Wildman–Crippen LogP) is 1.52. The zero-order chi connectivity index (χ0) is 12.3. The van der Waals surface area contributed by atoms with Gasteiger partial charge in [-0.05, 0) is 24.7 Å². The minimum atomic E-state index is 0.327. The average molecular weight is 237 g/mol. The Morgan fingerprint density at radius 3 is 2.47 bits per heavy atom. The smallest absolute Gasteiger partial charge is 0.322 e. The highest BCUT2D eigenvalue weighted by molar-refractivity contribution is 5.35. The second-order valence-corrected chi connectivity index (χ2v) is 4.43. The summed E-state index contributed by atoms with van der Waals surface area (Å²) in [4.78, 5) is 12.5. The Hall–Kier alpha value is -1.59. The zero-order valence-corrected chi connectivity index (χ0v) is 10.6. The lowest BCUT2D eigenvalue weighted by atomic mass is 10.0. The van der Waals surface area contributed by atoms with E-state index in [1.54, 1.807) is 14.2 Å². The summed E-state index contributed by atoms with van der Waals surface area (Å²) in [5, 5.41) is 6.15. The molecule has 0 amide bonds. The first-order valence-electron chi connectivity index (χ1n) is 5.93. The van der Waals surface area contributed by atoms with Crippen LogP contribution in [0.15, 0.2) is 0 Å². The third-order valence-corrected chi connectivity index (χ3v) is 3.35. The van der Waals surface area contributed by atoms with Crippen molar-refractivity contribution in [3.05, 3.63) is 0 Å². The van der Waals surface area contributed by atoms with E-state index >= 15 is 0 Å². The first-order chi connectivity index (χ1) is 8.21. The minimum absolute atomic E-state index is 0.327. The summed E-state index contributed by atoms with van der Waals surface area (Å²) in [6.07, 6.45) is 3.77. The monoisotopic (exact) mass is 237 g/mol.